The van der Waals surface area contributed by atoms with Gasteiger partial charge in [0.1, 0.15) is 0 Å². The summed E-state index contributed by atoms with van der Waals surface area (Å²) in [4.78, 5) is 62.4. The Bertz CT molecular complexity index is 3420. The van der Waals surface area contributed by atoms with E-state index in [1.807, 2.05) is 73.3 Å². The zero-order chi connectivity index (χ0) is 61.3. The standard InChI is InChI=1S/4C17H19N3O2/c4*18-16(21)11-5-7-17(22,8-6-11)15-13-4-2-1-3-12(13)14-9-19-10-20(14)15/h4*1-4,9-11,15,22H,5-8H2,(H2,18,21)/t4*11?,15-,17?/m1100/s1. The Kier molecular flexibility index (Phi) is 15.2. The number of amides is 4. The lowest BCUT2D eigenvalue weighted by atomic mass is 9.73. The van der Waals surface area contributed by atoms with Crippen LogP contribution >= 0.6 is 0 Å². The molecule has 0 unspecified atom stereocenters. The SMILES string of the molecule is NC(=O)C1CCC(O)([C@@H]2c3ccccc3-c3cncn32)CC1.NC(=O)C1CCC(O)([C@@H]2c3ccccc3-c3cncn32)CC1.NC(=O)C1CCC(O)([C@H]2c3ccccc3-c3cncn32)CC1.NC(=O)C1CCC(O)([C@H]2c3ccccc3-c3cncn32)CC1. The number of primary amides is 4. The molecule has 4 aliphatic carbocycles. The number of rotatable bonds is 8. The molecular weight excluding hydrogens is 1110 g/mol. The van der Waals surface area contributed by atoms with Crippen molar-refractivity contribution in [1.29, 1.82) is 0 Å². The second-order valence-corrected chi connectivity index (χ2v) is 25.8. The molecule has 4 fully saturated rings. The third-order valence-electron chi connectivity index (χ3n) is 21.0. The Balaban J connectivity index is 0.000000108. The van der Waals surface area contributed by atoms with Crippen molar-refractivity contribution in [3.05, 3.63) is 169 Å². The predicted octanol–water partition coefficient (Wildman–Crippen LogP) is 7.44. The van der Waals surface area contributed by atoms with Gasteiger partial charge in [-0.15, -0.1) is 0 Å². The first-order valence-corrected chi connectivity index (χ1v) is 30.9. The highest BCUT2D eigenvalue weighted by Crippen LogP contribution is 2.54. The summed E-state index contributed by atoms with van der Waals surface area (Å²) in [5, 5.41) is 45.1. The number of imidazole rings is 4. The molecule has 4 atom stereocenters. The molecule has 8 aliphatic rings. The summed E-state index contributed by atoms with van der Waals surface area (Å²) in [5.74, 6) is -1.46. The first kappa shape index (κ1) is 58.5. The maximum absolute atomic E-state index is 11.4. The highest BCUT2D eigenvalue weighted by atomic mass is 16.3. The van der Waals surface area contributed by atoms with Crippen LogP contribution in [-0.4, -0.2) is 105 Å². The van der Waals surface area contributed by atoms with E-state index in [1.54, 1.807) is 25.3 Å². The molecule has 20 heteroatoms. The minimum absolute atomic E-state index is 0.112. The number of carbonyl (C=O) groups is 4. The number of benzene rings is 4. The van der Waals surface area contributed by atoms with E-state index in [9.17, 15) is 39.6 Å². The van der Waals surface area contributed by atoms with Gasteiger partial charge >= 0.3 is 0 Å². The number of hydrogen-bond donors (Lipinski definition) is 8. The number of nitrogens with zero attached hydrogens (tertiary/aromatic N) is 8. The van der Waals surface area contributed by atoms with Crippen LogP contribution in [0.3, 0.4) is 0 Å². The van der Waals surface area contributed by atoms with Crippen molar-refractivity contribution in [2.24, 2.45) is 46.6 Å². The molecule has 4 amide bonds. The molecular formula is C68H76N12O8. The molecule has 4 aromatic carbocycles. The number of nitrogens with two attached hydrogens (primary N) is 4. The molecule has 4 aliphatic heterocycles. The highest BCUT2D eigenvalue weighted by Gasteiger charge is 2.51. The molecule has 0 spiro atoms. The lowest BCUT2D eigenvalue weighted by Gasteiger charge is -2.40. The normalized spacial score (nSPS) is 29.9. The summed E-state index contributed by atoms with van der Waals surface area (Å²) in [7, 11) is 0. The van der Waals surface area contributed by atoms with Gasteiger partial charge in [-0.25, -0.2) is 19.9 Å². The van der Waals surface area contributed by atoms with Crippen LogP contribution in [0.15, 0.2) is 147 Å². The average Bonchev–Trinajstić information content (AvgIpc) is 1.72. The zero-order valence-corrected chi connectivity index (χ0v) is 49.1. The summed E-state index contributed by atoms with van der Waals surface area (Å²) in [6, 6.07) is 32.1. The Morgan fingerprint density at radius 1 is 0.330 bits per heavy atom. The summed E-state index contributed by atoms with van der Waals surface area (Å²) < 4.78 is 8.26. The molecule has 0 bridgehead atoms. The van der Waals surface area contributed by atoms with Crippen molar-refractivity contribution in [2.75, 3.05) is 0 Å². The van der Waals surface area contributed by atoms with Crippen LogP contribution in [0.2, 0.25) is 0 Å². The first-order chi connectivity index (χ1) is 42.4. The van der Waals surface area contributed by atoms with Crippen molar-refractivity contribution in [3.63, 3.8) is 0 Å². The van der Waals surface area contributed by atoms with Crippen LogP contribution in [0, 0.1) is 23.7 Å². The van der Waals surface area contributed by atoms with Crippen LogP contribution in [-0.2, 0) is 19.2 Å². The Labute approximate surface area is 509 Å². The monoisotopic (exact) mass is 1190 g/mol. The largest absolute Gasteiger partial charge is 0.387 e. The molecule has 456 valence electrons. The average molecular weight is 1190 g/mol. The third kappa shape index (κ3) is 10.1. The fourth-order valence-electron chi connectivity index (χ4n) is 16.2. The van der Waals surface area contributed by atoms with E-state index in [0.717, 1.165) is 67.3 Å². The summed E-state index contributed by atoms with van der Waals surface area (Å²) >= 11 is 0. The minimum atomic E-state index is -0.853. The van der Waals surface area contributed by atoms with Gasteiger partial charge in [0.2, 0.25) is 23.6 Å². The summed E-state index contributed by atoms with van der Waals surface area (Å²) in [6.45, 7) is 0. The van der Waals surface area contributed by atoms with E-state index >= 15 is 0 Å². The fraction of sp³-hybridized carbons (Fsp3) is 0.412. The van der Waals surface area contributed by atoms with Gasteiger partial charge in [0.25, 0.3) is 0 Å². The van der Waals surface area contributed by atoms with Gasteiger partial charge in [-0.2, -0.15) is 0 Å². The second-order valence-electron chi connectivity index (χ2n) is 25.8. The van der Waals surface area contributed by atoms with Crippen LogP contribution in [0.5, 0.6) is 0 Å². The van der Waals surface area contributed by atoms with E-state index in [2.05, 4.69) is 86.7 Å². The zero-order valence-electron chi connectivity index (χ0n) is 49.1. The smallest absolute Gasteiger partial charge is 0.220 e. The number of carbonyl (C=O) groups excluding carboxylic acids is 4. The Morgan fingerprint density at radius 2 is 0.511 bits per heavy atom. The first-order valence-electron chi connectivity index (χ1n) is 30.9. The van der Waals surface area contributed by atoms with E-state index in [-0.39, 0.29) is 71.5 Å². The number of hydrogen-bond acceptors (Lipinski definition) is 12. The summed E-state index contributed by atoms with van der Waals surface area (Å²) in [5.41, 5.74) is 31.5. The molecule has 8 heterocycles. The van der Waals surface area contributed by atoms with Gasteiger partial charge in [0, 0.05) is 45.9 Å². The van der Waals surface area contributed by atoms with Crippen molar-refractivity contribution >= 4 is 23.6 Å². The molecule has 4 aromatic heterocycles. The molecule has 8 aromatic rings. The van der Waals surface area contributed by atoms with Gasteiger partial charge in [0.15, 0.2) is 0 Å². The van der Waals surface area contributed by atoms with Gasteiger partial charge in [-0.3, -0.25) is 19.2 Å². The minimum Gasteiger partial charge on any atom is -0.387 e. The maximum Gasteiger partial charge on any atom is 0.220 e. The molecule has 16 rings (SSSR count). The van der Waals surface area contributed by atoms with E-state index < -0.39 is 22.4 Å². The van der Waals surface area contributed by atoms with Crippen LogP contribution in [0.25, 0.3) is 45.0 Å². The van der Waals surface area contributed by atoms with Gasteiger partial charge in [-0.1, -0.05) is 97.1 Å². The van der Waals surface area contributed by atoms with E-state index in [0.29, 0.717) is 103 Å². The van der Waals surface area contributed by atoms with Crippen LogP contribution < -0.4 is 22.9 Å². The highest BCUT2D eigenvalue weighted by molar-refractivity contribution is 5.79. The van der Waals surface area contributed by atoms with Gasteiger partial charge in [-0.05, 0) is 125 Å². The van der Waals surface area contributed by atoms with Crippen LogP contribution in [0.1, 0.15) is 149 Å². The molecule has 0 radical (unpaired) electrons. The van der Waals surface area contributed by atoms with Gasteiger partial charge in [0.05, 0.1) is 119 Å². The Hall–Kier alpha value is -8.56. The molecule has 4 saturated carbocycles. The number of aromatic nitrogens is 8. The lowest BCUT2D eigenvalue weighted by Crippen LogP contribution is -2.44. The molecule has 88 heavy (non-hydrogen) atoms. The van der Waals surface area contributed by atoms with Crippen molar-refractivity contribution in [2.45, 2.75) is 149 Å². The predicted molar refractivity (Wildman–Crippen MR) is 328 cm³/mol. The number of aliphatic hydroxyl groups is 4. The maximum atomic E-state index is 11.4. The molecule has 20 nitrogen and oxygen atoms in total. The quantitative estimate of drug-likeness (QED) is 0.0736. The molecule has 12 N–H and O–H groups in total. The van der Waals surface area contributed by atoms with Crippen LogP contribution in [0.4, 0.5) is 0 Å². The lowest BCUT2D eigenvalue weighted by molar-refractivity contribution is -0.126. The second kappa shape index (κ2) is 22.9. The Morgan fingerprint density at radius 3 is 0.693 bits per heavy atom. The number of fused-ring (bicyclic) bond motifs is 12. The molecule has 0 saturated heterocycles. The van der Waals surface area contributed by atoms with Crippen molar-refractivity contribution in [1.82, 2.24) is 38.2 Å². The third-order valence-corrected chi connectivity index (χ3v) is 21.0. The fourth-order valence-corrected chi connectivity index (χ4v) is 16.2. The van der Waals surface area contributed by atoms with Crippen molar-refractivity contribution in [3.8, 4) is 45.0 Å². The van der Waals surface area contributed by atoms with E-state index in [4.69, 9.17) is 22.9 Å². The topological polar surface area (TPSA) is 325 Å². The van der Waals surface area contributed by atoms with Crippen molar-refractivity contribution < 1.29 is 39.6 Å². The van der Waals surface area contributed by atoms with E-state index in [1.165, 1.54) is 0 Å². The van der Waals surface area contributed by atoms with Gasteiger partial charge < -0.3 is 61.6 Å². The summed E-state index contributed by atoms with van der Waals surface area (Å²) in [6.07, 6.45) is 24.4.